The number of aliphatic carboxylic acids is 1. The topological polar surface area (TPSA) is 108 Å². The lowest BCUT2D eigenvalue weighted by Gasteiger charge is -2.39. The number of carboxylic acids is 1. The number of rotatable bonds is 10. The van der Waals surface area contributed by atoms with Gasteiger partial charge >= 0.3 is 12.1 Å². The van der Waals surface area contributed by atoms with E-state index in [2.05, 4.69) is 51.9 Å². The van der Waals surface area contributed by atoms with Crippen molar-refractivity contribution >= 4 is 18.0 Å². The molecular weight excluding hydrogens is 518 g/mol. The smallest absolute Gasteiger partial charge is 0.407 e. The van der Waals surface area contributed by atoms with E-state index in [1.54, 1.807) is 0 Å². The highest BCUT2D eigenvalue weighted by Crippen LogP contribution is 2.44. The van der Waals surface area contributed by atoms with Crippen LogP contribution >= 0.6 is 0 Å². The summed E-state index contributed by atoms with van der Waals surface area (Å²) in [4.78, 5) is 40.2. The molecule has 3 N–H and O–H groups in total. The number of likely N-dealkylation sites (tertiary alicyclic amines) is 1. The van der Waals surface area contributed by atoms with Crippen LogP contribution in [0.3, 0.4) is 0 Å². The SMILES string of the molecule is CC[C@@H](CC(=O)NC1(C(=O)O)CCN(Cc2ccccc2)CC1)NC(=O)OCC1c2ccccc2-c2ccccc21. The second-order valence-corrected chi connectivity index (χ2v) is 11.0. The summed E-state index contributed by atoms with van der Waals surface area (Å²) in [5.74, 6) is -1.47. The fraction of sp³-hybridized carbons (Fsp3) is 0.364. The fourth-order valence-electron chi connectivity index (χ4n) is 5.97. The number of carboxylic acid groups (broad SMARTS) is 1. The van der Waals surface area contributed by atoms with Gasteiger partial charge in [-0.2, -0.15) is 0 Å². The van der Waals surface area contributed by atoms with E-state index in [9.17, 15) is 19.5 Å². The number of amides is 2. The maximum atomic E-state index is 13.0. The van der Waals surface area contributed by atoms with E-state index in [0.717, 1.165) is 28.8 Å². The standard InChI is InChI=1S/C33H37N3O5/c1-2-24(34-32(40)41-22-29-27-14-8-6-12-25(27)26-13-7-9-15-28(26)29)20-30(37)35-33(31(38)39)16-18-36(19-17-33)21-23-10-4-3-5-11-23/h3-15,24,29H,2,16-22H2,1H3,(H,34,40)(H,35,37)(H,38,39)/t24-/m0/s1. The molecule has 1 fully saturated rings. The third-order valence-corrected chi connectivity index (χ3v) is 8.34. The summed E-state index contributed by atoms with van der Waals surface area (Å²) in [6, 6.07) is 25.8. The number of hydrogen-bond donors (Lipinski definition) is 3. The van der Waals surface area contributed by atoms with Crippen LogP contribution in [0.5, 0.6) is 0 Å². The summed E-state index contributed by atoms with van der Waals surface area (Å²) < 4.78 is 5.64. The van der Waals surface area contributed by atoms with Crippen molar-refractivity contribution in [1.29, 1.82) is 0 Å². The van der Waals surface area contributed by atoms with Crippen molar-refractivity contribution in [3.63, 3.8) is 0 Å². The number of carbonyl (C=O) groups is 3. The molecule has 0 saturated carbocycles. The van der Waals surface area contributed by atoms with Crippen molar-refractivity contribution in [1.82, 2.24) is 15.5 Å². The number of ether oxygens (including phenoxy) is 1. The number of carbonyl (C=O) groups excluding carboxylic acids is 2. The van der Waals surface area contributed by atoms with Gasteiger partial charge in [0.05, 0.1) is 0 Å². The quantitative estimate of drug-likeness (QED) is 0.328. The Labute approximate surface area is 240 Å². The van der Waals surface area contributed by atoms with Gasteiger partial charge in [-0.15, -0.1) is 0 Å². The zero-order valence-electron chi connectivity index (χ0n) is 23.3. The zero-order chi connectivity index (χ0) is 28.8. The number of fused-ring (bicyclic) bond motifs is 3. The summed E-state index contributed by atoms with van der Waals surface area (Å²) in [7, 11) is 0. The summed E-state index contributed by atoms with van der Waals surface area (Å²) in [6.45, 7) is 3.93. The molecule has 0 bridgehead atoms. The number of nitrogens with one attached hydrogen (secondary N) is 2. The normalized spacial score (nSPS) is 16.7. The molecular formula is C33H37N3O5. The molecule has 8 heteroatoms. The molecule has 5 rings (SSSR count). The molecule has 0 spiro atoms. The molecule has 214 valence electrons. The Balaban J connectivity index is 1.13. The van der Waals surface area contributed by atoms with E-state index < -0.39 is 29.6 Å². The van der Waals surface area contributed by atoms with E-state index in [1.807, 2.05) is 49.4 Å². The summed E-state index contributed by atoms with van der Waals surface area (Å²) in [5, 5.41) is 15.6. The molecule has 3 aromatic carbocycles. The average molecular weight is 556 g/mol. The van der Waals surface area contributed by atoms with E-state index in [1.165, 1.54) is 5.56 Å². The summed E-state index contributed by atoms with van der Waals surface area (Å²) >= 11 is 0. The Morgan fingerprint density at radius 1 is 0.927 bits per heavy atom. The van der Waals surface area contributed by atoms with E-state index in [4.69, 9.17) is 4.74 Å². The van der Waals surface area contributed by atoms with Gasteiger partial charge in [0.2, 0.25) is 5.91 Å². The minimum Gasteiger partial charge on any atom is -0.480 e. The molecule has 0 unspecified atom stereocenters. The molecule has 8 nitrogen and oxygen atoms in total. The van der Waals surface area contributed by atoms with Gasteiger partial charge in [-0.05, 0) is 47.1 Å². The minimum atomic E-state index is -1.31. The highest BCUT2D eigenvalue weighted by Gasteiger charge is 2.43. The third kappa shape index (κ3) is 6.43. The Kier molecular flexibility index (Phi) is 8.69. The molecule has 1 heterocycles. The number of alkyl carbamates (subject to hydrolysis) is 1. The number of nitrogens with zero attached hydrogens (tertiary/aromatic N) is 1. The van der Waals surface area contributed by atoms with Gasteiger partial charge in [-0.3, -0.25) is 9.69 Å². The van der Waals surface area contributed by atoms with Gasteiger partial charge < -0.3 is 20.5 Å². The van der Waals surface area contributed by atoms with Crippen LogP contribution in [-0.2, 0) is 20.9 Å². The largest absolute Gasteiger partial charge is 0.480 e. The van der Waals surface area contributed by atoms with Gasteiger partial charge in [0.15, 0.2) is 0 Å². The number of benzene rings is 3. The molecule has 41 heavy (non-hydrogen) atoms. The summed E-state index contributed by atoms with van der Waals surface area (Å²) in [6.07, 6.45) is 0.523. The van der Waals surface area contributed by atoms with Crippen LogP contribution in [0.4, 0.5) is 4.79 Å². The van der Waals surface area contributed by atoms with Gasteiger partial charge in [-0.25, -0.2) is 9.59 Å². The third-order valence-electron chi connectivity index (χ3n) is 8.34. The lowest BCUT2D eigenvalue weighted by molar-refractivity contribution is -0.150. The first kappa shape index (κ1) is 28.4. The van der Waals surface area contributed by atoms with E-state index in [0.29, 0.717) is 32.4 Å². The number of piperidine rings is 1. The van der Waals surface area contributed by atoms with Crippen molar-refractivity contribution in [3.05, 3.63) is 95.6 Å². The highest BCUT2D eigenvalue weighted by molar-refractivity contribution is 5.87. The van der Waals surface area contributed by atoms with Crippen LogP contribution in [0.2, 0.25) is 0 Å². The molecule has 0 aromatic heterocycles. The minimum absolute atomic E-state index is 0.0244. The van der Waals surface area contributed by atoms with Crippen molar-refractivity contribution in [2.45, 2.75) is 56.7 Å². The first-order valence-corrected chi connectivity index (χ1v) is 14.3. The van der Waals surface area contributed by atoms with Crippen LogP contribution in [0, 0.1) is 0 Å². The van der Waals surface area contributed by atoms with Crippen LogP contribution in [0.15, 0.2) is 78.9 Å². The lowest BCUT2D eigenvalue weighted by atomic mass is 9.87. The van der Waals surface area contributed by atoms with Crippen molar-refractivity contribution < 1.29 is 24.2 Å². The van der Waals surface area contributed by atoms with Crippen LogP contribution in [0.1, 0.15) is 55.2 Å². The molecule has 0 radical (unpaired) electrons. The van der Waals surface area contributed by atoms with Crippen molar-refractivity contribution in [2.75, 3.05) is 19.7 Å². The van der Waals surface area contributed by atoms with E-state index in [-0.39, 0.29) is 18.9 Å². The maximum absolute atomic E-state index is 13.0. The Morgan fingerprint density at radius 2 is 1.51 bits per heavy atom. The molecule has 3 aromatic rings. The van der Waals surface area contributed by atoms with Gasteiger partial charge in [-0.1, -0.05) is 85.8 Å². The van der Waals surface area contributed by atoms with Gasteiger partial charge in [0.1, 0.15) is 12.1 Å². The predicted molar refractivity (Wildman–Crippen MR) is 156 cm³/mol. The van der Waals surface area contributed by atoms with Gasteiger partial charge in [0.25, 0.3) is 0 Å². The Morgan fingerprint density at radius 3 is 2.10 bits per heavy atom. The average Bonchev–Trinajstić information content (AvgIpc) is 3.31. The summed E-state index contributed by atoms with van der Waals surface area (Å²) in [5.41, 5.74) is 4.41. The van der Waals surface area contributed by atoms with Crippen molar-refractivity contribution in [3.8, 4) is 11.1 Å². The Bertz CT molecular complexity index is 1340. The molecule has 1 atom stereocenters. The number of hydrogen-bond acceptors (Lipinski definition) is 5. The lowest BCUT2D eigenvalue weighted by Crippen LogP contribution is -2.60. The Hall–Kier alpha value is -4.17. The monoisotopic (exact) mass is 555 g/mol. The maximum Gasteiger partial charge on any atom is 0.407 e. The molecule has 2 aliphatic rings. The van der Waals surface area contributed by atoms with Crippen LogP contribution in [-0.4, -0.2) is 59.3 Å². The van der Waals surface area contributed by atoms with Crippen LogP contribution in [0.25, 0.3) is 11.1 Å². The first-order valence-electron chi connectivity index (χ1n) is 14.3. The first-order chi connectivity index (χ1) is 19.9. The fourth-order valence-corrected chi connectivity index (χ4v) is 5.97. The van der Waals surface area contributed by atoms with Crippen molar-refractivity contribution in [2.24, 2.45) is 0 Å². The second-order valence-electron chi connectivity index (χ2n) is 11.0. The molecule has 2 amide bonds. The highest BCUT2D eigenvalue weighted by atomic mass is 16.5. The predicted octanol–water partition coefficient (Wildman–Crippen LogP) is 4.93. The zero-order valence-corrected chi connectivity index (χ0v) is 23.3. The second kappa shape index (κ2) is 12.6. The van der Waals surface area contributed by atoms with E-state index >= 15 is 0 Å². The molecule has 1 aliphatic heterocycles. The van der Waals surface area contributed by atoms with Gasteiger partial charge in [0, 0.05) is 38.0 Å². The molecule has 1 aliphatic carbocycles. The van der Waals surface area contributed by atoms with Crippen LogP contribution < -0.4 is 10.6 Å². The molecule has 1 saturated heterocycles.